The van der Waals surface area contributed by atoms with Crippen molar-refractivity contribution in [3.8, 4) is 0 Å². The minimum atomic E-state index is -0.244. The Morgan fingerprint density at radius 1 is 0.938 bits per heavy atom. The van der Waals surface area contributed by atoms with E-state index in [-0.39, 0.29) is 24.3 Å². The summed E-state index contributed by atoms with van der Waals surface area (Å²) < 4.78 is 4.96. The summed E-state index contributed by atoms with van der Waals surface area (Å²) in [4.78, 5) is 38.6. The average molecular weight is 441 g/mol. The minimum absolute atomic E-state index is 0.0121. The van der Waals surface area contributed by atoms with E-state index in [9.17, 15) is 14.4 Å². The van der Waals surface area contributed by atoms with Crippen LogP contribution in [-0.4, -0.2) is 62.5 Å². The molecule has 0 spiro atoms. The van der Waals surface area contributed by atoms with Crippen LogP contribution in [0.3, 0.4) is 0 Å². The van der Waals surface area contributed by atoms with Crippen molar-refractivity contribution < 1.29 is 19.1 Å². The van der Waals surface area contributed by atoms with Crippen LogP contribution >= 0.6 is 0 Å². The quantitative estimate of drug-likeness (QED) is 0.441. The molecule has 0 bridgehead atoms. The van der Waals surface area contributed by atoms with Gasteiger partial charge < -0.3 is 25.6 Å². The third-order valence-electron chi connectivity index (χ3n) is 4.85. The van der Waals surface area contributed by atoms with Gasteiger partial charge >= 0.3 is 0 Å². The van der Waals surface area contributed by atoms with Gasteiger partial charge in [0, 0.05) is 55.9 Å². The van der Waals surface area contributed by atoms with Crippen LogP contribution in [0.25, 0.3) is 0 Å². The van der Waals surface area contributed by atoms with Crippen LogP contribution in [0.4, 0.5) is 11.4 Å². The highest BCUT2D eigenvalue weighted by molar-refractivity contribution is 5.98. The van der Waals surface area contributed by atoms with Crippen LogP contribution in [0, 0.1) is 0 Å². The first-order valence-electron chi connectivity index (χ1n) is 10.8. The number of benzene rings is 2. The molecule has 0 aliphatic carbocycles. The van der Waals surface area contributed by atoms with Crippen LogP contribution in [-0.2, 0) is 9.53 Å². The summed E-state index contributed by atoms with van der Waals surface area (Å²) in [5, 5.41) is 8.64. The molecule has 8 nitrogen and oxygen atoms in total. The first-order chi connectivity index (χ1) is 15.5. The molecule has 8 heteroatoms. The monoisotopic (exact) mass is 440 g/mol. The van der Waals surface area contributed by atoms with Crippen molar-refractivity contribution in [2.75, 3.05) is 50.5 Å². The molecule has 32 heavy (non-hydrogen) atoms. The molecule has 0 heterocycles. The van der Waals surface area contributed by atoms with E-state index in [1.807, 2.05) is 13.8 Å². The average Bonchev–Trinajstić information content (AvgIpc) is 2.81. The maximum Gasteiger partial charge on any atom is 0.253 e. The Hall–Kier alpha value is -3.39. The Morgan fingerprint density at radius 2 is 1.66 bits per heavy atom. The minimum Gasteiger partial charge on any atom is -0.385 e. The van der Waals surface area contributed by atoms with E-state index < -0.39 is 0 Å². The summed E-state index contributed by atoms with van der Waals surface area (Å²) in [6.07, 6.45) is 0.731. The number of nitrogens with one attached hydrogen (secondary N) is 3. The highest BCUT2D eigenvalue weighted by Gasteiger charge is 2.12. The Kier molecular flexibility index (Phi) is 10.2. The van der Waals surface area contributed by atoms with E-state index >= 15 is 0 Å². The van der Waals surface area contributed by atoms with Crippen molar-refractivity contribution in [2.24, 2.45) is 0 Å². The van der Waals surface area contributed by atoms with Crippen LogP contribution in [0.1, 0.15) is 41.0 Å². The van der Waals surface area contributed by atoms with Crippen molar-refractivity contribution in [3.63, 3.8) is 0 Å². The normalized spacial score (nSPS) is 10.3. The molecule has 0 atom stereocenters. The largest absolute Gasteiger partial charge is 0.385 e. The highest BCUT2D eigenvalue weighted by atomic mass is 16.5. The zero-order valence-electron chi connectivity index (χ0n) is 18.9. The Balaban J connectivity index is 1.85. The Bertz CT molecular complexity index is 895. The van der Waals surface area contributed by atoms with E-state index in [0.29, 0.717) is 43.1 Å². The lowest BCUT2D eigenvalue weighted by Gasteiger charge is -2.18. The third-order valence-corrected chi connectivity index (χ3v) is 4.85. The lowest BCUT2D eigenvalue weighted by molar-refractivity contribution is -0.114. The lowest BCUT2D eigenvalue weighted by atomic mass is 10.1. The lowest BCUT2D eigenvalue weighted by Crippen LogP contribution is -2.30. The fraction of sp³-hybridized carbons (Fsp3) is 0.375. The van der Waals surface area contributed by atoms with Crippen LogP contribution in [0.15, 0.2) is 48.5 Å². The predicted molar refractivity (Wildman–Crippen MR) is 126 cm³/mol. The van der Waals surface area contributed by atoms with Crippen molar-refractivity contribution in [1.82, 2.24) is 10.2 Å². The summed E-state index contributed by atoms with van der Waals surface area (Å²) in [6, 6.07) is 13.8. The van der Waals surface area contributed by atoms with Gasteiger partial charge in [-0.3, -0.25) is 14.4 Å². The molecule has 2 aromatic rings. The van der Waals surface area contributed by atoms with Crippen LogP contribution in [0.5, 0.6) is 0 Å². The second-order valence-electron chi connectivity index (χ2n) is 7.14. The molecular weight excluding hydrogens is 408 g/mol. The van der Waals surface area contributed by atoms with Gasteiger partial charge in [0.15, 0.2) is 0 Å². The van der Waals surface area contributed by atoms with Crippen LogP contribution < -0.4 is 16.0 Å². The molecule has 3 amide bonds. The molecule has 0 saturated heterocycles. The molecule has 0 aliphatic rings. The van der Waals surface area contributed by atoms with Gasteiger partial charge in [-0.15, -0.1) is 0 Å². The highest BCUT2D eigenvalue weighted by Crippen LogP contribution is 2.13. The van der Waals surface area contributed by atoms with E-state index in [1.54, 1.807) is 60.5 Å². The molecule has 0 saturated carbocycles. The summed E-state index contributed by atoms with van der Waals surface area (Å²) in [7, 11) is 1.62. The second-order valence-corrected chi connectivity index (χ2v) is 7.14. The summed E-state index contributed by atoms with van der Waals surface area (Å²) in [5.74, 6) is -0.456. The molecular formula is C24H32N4O4. The van der Waals surface area contributed by atoms with E-state index in [0.717, 1.165) is 12.1 Å². The number of methoxy groups -OCH3 is 1. The molecule has 2 rings (SSSR count). The zero-order chi connectivity index (χ0) is 23.3. The van der Waals surface area contributed by atoms with Crippen molar-refractivity contribution in [3.05, 3.63) is 59.7 Å². The Labute approximate surface area is 189 Å². The fourth-order valence-corrected chi connectivity index (χ4v) is 3.07. The van der Waals surface area contributed by atoms with E-state index in [1.165, 1.54) is 0 Å². The number of anilines is 2. The summed E-state index contributed by atoms with van der Waals surface area (Å²) >= 11 is 0. The third kappa shape index (κ3) is 7.70. The molecule has 0 aromatic heterocycles. The number of amides is 3. The first-order valence-corrected chi connectivity index (χ1v) is 10.8. The fourth-order valence-electron chi connectivity index (χ4n) is 3.07. The second kappa shape index (κ2) is 13.1. The number of hydrogen-bond donors (Lipinski definition) is 3. The number of nitrogens with zero attached hydrogens (tertiary/aromatic N) is 1. The maximum absolute atomic E-state index is 12.4. The van der Waals surface area contributed by atoms with Crippen LogP contribution in [0.2, 0.25) is 0 Å². The topological polar surface area (TPSA) is 99.8 Å². The van der Waals surface area contributed by atoms with Gasteiger partial charge in [0.1, 0.15) is 0 Å². The summed E-state index contributed by atoms with van der Waals surface area (Å²) in [5.41, 5.74) is 2.37. The Morgan fingerprint density at radius 3 is 2.31 bits per heavy atom. The van der Waals surface area contributed by atoms with Gasteiger partial charge in [-0.1, -0.05) is 6.07 Å². The molecule has 2 aromatic carbocycles. The van der Waals surface area contributed by atoms with E-state index in [2.05, 4.69) is 16.0 Å². The first kappa shape index (κ1) is 24.9. The zero-order valence-corrected chi connectivity index (χ0v) is 18.9. The number of ether oxygens (including phenoxy) is 1. The number of carbonyl (C=O) groups excluding carboxylic acids is 3. The SMILES string of the molecule is CCN(CC)C(=O)c1ccc(NCC(=O)Nc2cccc(C(=O)NCCCOC)c2)cc1. The van der Waals surface area contributed by atoms with Gasteiger partial charge in [-0.05, 0) is 62.7 Å². The molecule has 0 unspecified atom stereocenters. The van der Waals surface area contributed by atoms with Crippen molar-refractivity contribution in [1.29, 1.82) is 0 Å². The standard InChI is InChI=1S/C24H32N4O4/c1-4-28(5-2)24(31)18-10-12-20(13-11-18)26-17-22(29)27-21-9-6-8-19(16-21)23(30)25-14-7-15-32-3/h6,8-13,16,26H,4-5,7,14-15,17H2,1-3H3,(H,25,30)(H,27,29). The summed E-state index contributed by atoms with van der Waals surface area (Å²) in [6.45, 7) is 6.36. The van der Waals surface area contributed by atoms with Crippen molar-refractivity contribution >= 4 is 29.1 Å². The molecule has 3 N–H and O–H groups in total. The van der Waals surface area contributed by atoms with E-state index in [4.69, 9.17) is 4.74 Å². The number of carbonyl (C=O) groups is 3. The van der Waals surface area contributed by atoms with Crippen molar-refractivity contribution in [2.45, 2.75) is 20.3 Å². The predicted octanol–water partition coefficient (Wildman–Crippen LogP) is 2.99. The van der Waals surface area contributed by atoms with Gasteiger partial charge in [-0.25, -0.2) is 0 Å². The van der Waals surface area contributed by atoms with Gasteiger partial charge in [0.2, 0.25) is 5.91 Å². The molecule has 0 radical (unpaired) electrons. The van der Waals surface area contributed by atoms with Gasteiger partial charge in [0.25, 0.3) is 11.8 Å². The number of hydrogen-bond acceptors (Lipinski definition) is 5. The molecule has 0 fully saturated rings. The maximum atomic E-state index is 12.4. The smallest absolute Gasteiger partial charge is 0.253 e. The van der Waals surface area contributed by atoms with Gasteiger partial charge in [0.05, 0.1) is 6.54 Å². The molecule has 0 aliphatic heterocycles. The number of rotatable bonds is 12. The van der Waals surface area contributed by atoms with Gasteiger partial charge in [-0.2, -0.15) is 0 Å². The molecule has 172 valence electrons.